The molecular formula is C12H18O5. The molecule has 5 nitrogen and oxygen atoms in total. The van der Waals surface area contributed by atoms with Gasteiger partial charge in [0.25, 0.3) is 0 Å². The number of carbonyl (C=O) groups excluding carboxylic acids is 1. The molecular weight excluding hydrogens is 224 g/mol. The van der Waals surface area contributed by atoms with Gasteiger partial charge < -0.3 is 20.1 Å². The predicted molar refractivity (Wildman–Crippen MR) is 63.4 cm³/mol. The highest BCUT2D eigenvalue weighted by Gasteiger charge is 2.01. The Kier molecular flexibility index (Phi) is 7.75. The molecule has 1 atom stereocenters. The van der Waals surface area contributed by atoms with Crippen LogP contribution in [-0.2, 0) is 0 Å². The van der Waals surface area contributed by atoms with Crippen LogP contribution in [-0.4, -0.2) is 40.9 Å². The number of aliphatic hydroxyl groups excluding tert-OH is 2. The Morgan fingerprint density at radius 1 is 1.47 bits per heavy atom. The molecule has 1 aromatic carbocycles. The summed E-state index contributed by atoms with van der Waals surface area (Å²) in [6.07, 6.45) is 0.150. The van der Waals surface area contributed by atoms with Crippen molar-refractivity contribution in [2.75, 3.05) is 13.2 Å². The van der Waals surface area contributed by atoms with Gasteiger partial charge in [0.1, 0.15) is 6.29 Å². The lowest BCUT2D eigenvalue weighted by atomic mass is 10.2. The Morgan fingerprint density at radius 2 is 2.06 bits per heavy atom. The first-order chi connectivity index (χ1) is 8.04. The van der Waals surface area contributed by atoms with Crippen LogP contribution in [0.15, 0.2) is 18.2 Å². The number of benzene rings is 1. The first-order valence-corrected chi connectivity index (χ1v) is 5.25. The van der Waals surface area contributed by atoms with Crippen LogP contribution in [0.1, 0.15) is 24.2 Å². The van der Waals surface area contributed by atoms with Crippen LogP contribution in [0.3, 0.4) is 0 Å². The van der Waals surface area contributed by atoms with Gasteiger partial charge >= 0.3 is 0 Å². The van der Waals surface area contributed by atoms with Gasteiger partial charge in [-0.25, -0.2) is 0 Å². The molecule has 5 heteroatoms. The third-order valence-electron chi connectivity index (χ3n) is 1.68. The van der Waals surface area contributed by atoms with Gasteiger partial charge in [0.05, 0.1) is 19.3 Å². The summed E-state index contributed by atoms with van der Waals surface area (Å²) in [4.78, 5) is 10.3. The molecule has 0 aromatic heterocycles. The first-order valence-electron chi connectivity index (χ1n) is 5.25. The highest BCUT2D eigenvalue weighted by atomic mass is 16.5. The lowest BCUT2D eigenvalue weighted by Gasteiger charge is -2.04. The van der Waals surface area contributed by atoms with E-state index in [4.69, 9.17) is 14.9 Å². The van der Waals surface area contributed by atoms with Crippen molar-refractivity contribution in [2.45, 2.75) is 20.0 Å². The Hall–Kier alpha value is -1.59. The summed E-state index contributed by atoms with van der Waals surface area (Å²) < 4.78 is 5.07. The number of carbonyl (C=O) groups is 1. The Morgan fingerprint density at radius 3 is 2.47 bits per heavy atom. The number of hydrogen-bond acceptors (Lipinski definition) is 5. The standard InChI is InChI=1S/C9H10O3.C3H8O2/c1-2-12-9-5-7(6-10)3-4-8(9)11;1-3(5)2-4/h3-6,11H,2H2,1H3;3-5H,2H2,1H3. The van der Waals surface area contributed by atoms with E-state index in [1.165, 1.54) is 25.1 Å². The van der Waals surface area contributed by atoms with E-state index in [2.05, 4.69) is 0 Å². The van der Waals surface area contributed by atoms with Gasteiger partial charge in [-0.15, -0.1) is 0 Å². The second kappa shape index (κ2) is 8.55. The summed E-state index contributed by atoms with van der Waals surface area (Å²) in [6.45, 7) is 3.67. The van der Waals surface area contributed by atoms with Crippen LogP contribution in [0.2, 0.25) is 0 Å². The van der Waals surface area contributed by atoms with Crippen LogP contribution >= 0.6 is 0 Å². The van der Waals surface area contributed by atoms with Crippen molar-refractivity contribution in [3.8, 4) is 11.5 Å². The summed E-state index contributed by atoms with van der Waals surface area (Å²) in [5.74, 6) is 0.407. The fraction of sp³-hybridized carbons (Fsp3) is 0.417. The lowest BCUT2D eigenvalue weighted by Crippen LogP contribution is -2.03. The fourth-order valence-electron chi connectivity index (χ4n) is 0.875. The second-order valence-electron chi connectivity index (χ2n) is 3.31. The number of aromatic hydroxyl groups is 1. The van der Waals surface area contributed by atoms with Crippen LogP contribution in [0.5, 0.6) is 11.5 Å². The Balaban J connectivity index is 0.000000437. The predicted octanol–water partition coefficient (Wildman–Crippen LogP) is 0.963. The zero-order chi connectivity index (χ0) is 13.3. The monoisotopic (exact) mass is 242 g/mol. The van der Waals surface area contributed by atoms with Crippen molar-refractivity contribution < 1.29 is 24.9 Å². The minimum atomic E-state index is -0.560. The molecule has 0 saturated heterocycles. The van der Waals surface area contributed by atoms with Crippen molar-refractivity contribution in [3.05, 3.63) is 23.8 Å². The largest absolute Gasteiger partial charge is 0.504 e. The highest BCUT2D eigenvalue weighted by Crippen LogP contribution is 2.25. The van der Waals surface area contributed by atoms with E-state index in [0.29, 0.717) is 24.2 Å². The molecule has 0 saturated carbocycles. The fourth-order valence-corrected chi connectivity index (χ4v) is 0.875. The third-order valence-corrected chi connectivity index (χ3v) is 1.68. The summed E-state index contributed by atoms with van der Waals surface area (Å²) in [5.41, 5.74) is 0.497. The smallest absolute Gasteiger partial charge is 0.161 e. The van der Waals surface area contributed by atoms with Crippen LogP contribution in [0.4, 0.5) is 0 Å². The summed E-state index contributed by atoms with van der Waals surface area (Å²) in [6, 6.07) is 4.48. The van der Waals surface area contributed by atoms with Crippen molar-refractivity contribution in [3.63, 3.8) is 0 Å². The molecule has 0 bridgehead atoms. The molecule has 1 unspecified atom stereocenters. The third kappa shape index (κ3) is 6.55. The topological polar surface area (TPSA) is 87.0 Å². The van der Waals surface area contributed by atoms with Gasteiger partial charge in [-0.05, 0) is 32.0 Å². The van der Waals surface area contributed by atoms with E-state index < -0.39 is 6.10 Å². The van der Waals surface area contributed by atoms with Crippen molar-refractivity contribution in [1.82, 2.24) is 0 Å². The number of phenolic OH excluding ortho intramolecular Hbond substituents is 1. The first kappa shape index (κ1) is 15.4. The maximum absolute atomic E-state index is 10.3. The maximum Gasteiger partial charge on any atom is 0.161 e. The molecule has 0 aliphatic rings. The highest BCUT2D eigenvalue weighted by molar-refractivity contribution is 5.76. The minimum absolute atomic E-state index is 0.0578. The van der Waals surface area contributed by atoms with Gasteiger partial charge in [0.15, 0.2) is 11.5 Å². The van der Waals surface area contributed by atoms with E-state index >= 15 is 0 Å². The molecule has 17 heavy (non-hydrogen) atoms. The molecule has 0 amide bonds. The van der Waals surface area contributed by atoms with Crippen molar-refractivity contribution in [1.29, 1.82) is 0 Å². The molecule has 0 spiro atoms. The van der Waals surface area contributed by atoms with E-state index in [0.717, 1.165) is 0 Å². The van der Waals surface area contributed by atoms with Gasteiger partial charge in [-0.1, -0.05) is 0 Å². The lowest BCUT2D eigenvalue weighted by molar-refractivity contribution is 0.110. The molecule has 3 N–H and O–H groups in total. The van der Waals surface area contributed by atoms with E-state index in [-0.39, 0.29) is 12.4 Å². The molecule has 0 radical (unpaired) electrons. The number of rotatable bonds is 4. The van der Waals surface area contributed by atoms with E-state index in [9.17, 15) is 9.90 Å². The molecule has 96 valence electrons. The number of phenols is 1. The minimum Gasteiger partial charge on any atom is -0.504 e. The van der Waals surface area contributed by atoms with Crippen molar-refractivity contribution >= 4 is 6.29 Å². The zero-order valence-electron chi connectivity index (χ0n) is 9.96. The summed E-state index contributed by atoms with van der Waals surface area (Å²) in [7, 11) is 0. The molecule has 1 aromatic rings. The molecule has 1 rings (SSSR count). The van der Waals surface area contributed by atoms with E-state index in [1.807, 2.05) is 6.92 Å². The van der Waals surface area contributed by atoms with Crippen LogP contribution < -0.4 is 4.74 Å². The molecule has 0 fully saturated rings. The van der Waals surface area contributed by atoms with Gasteiger partial charge in [-0.3, -0.25) is 4.79 Å². The van der Waals surface area contributed by atoms with Crippen LogP contribution in [0.25, 0.3) is 0 Å². The van der Waals surface area contributed by atoms with Gasteiger partial charge in [-0.2, -0.15) is 0 Å². The van der Waals surface area contributed by atoms with Crippen molar-refractivity contribution in [2.24, 2.45) is 0 Å². The Labute approximate surface area is 100 Å². The number of hydrogen-bond donors (Lipinski definition) is 3. The van der Waals surface area contributed by atoms with Gasteiger partial charge in [0.2, 0.25) is 0 Å². The summed E-state index contributed by atoms with van der Waals surface area (Å²) >= 11 is 0. The van der Waals surface area contributed by atoms with Crippen LogP contribution in [0, 0.1) is 0 Å². The number of aldehydes is 1. The average Bonchev–Trinajstić information content (AvgIpc) is 2.33. The van der Waals surface area contributed by atoms with E-state index in [1.54, 1.807) is 0 Å². The molecule has 0 aliphatic heterocycles. The molecule has 0 heterocycles. The zero-order valence-corrected chi connectivity index (χ0v) is 9.96. The maximum atomic E-state index is 10.3. The molecule has 0 aliphatic carbocycles. The normalized spacial score (nSPS) is 11.1. The number of aliphatic hydroxyl groups is 2. The number of ether oxygens (including phenoxy) is 1. The second-order valence-corrected chi connectivity index (χ2v) is 3.31. The quantitative estimate of drug-likeness (QED) is 0.685. The average molecular weight is 242 g/mol. The Bertz CT molecular complexity index is 336. The van der Waals surface area contributed by atoms with Gasteiger partial charge in [0, 0.05) is 5.56 Å². The SMILES string of the molecule is CC(O)CO.CCOc1cc(C=O)ccc1O. The summed E-state index contributed by atoms with van der Waals surface area (Å²) in [5, 5.41) is 25.2.